The minimum absolute atomic E-state index is 0.0331. The van der Waals surface area contributed by atoms with Crippen LogP contribution in [-0.2, 0) is 29.6 Å². The fraction of sp³-hybridized carbons (Fsp3) is 0.333. The van der Waals surface area contributed by atoms with Crippen molar-refractivity contribution in [1.82, 2.24) is 24.6 Å². The minimum Gasteiger partial charge on any atom is -0.489 e. The summed E-state index contributed by atoms with van der Waals surface area (Å²) in [5.74, 6) is 1.49. The zero-order chi connectivity index (χ0) is 20.1. The van der Waals surface area contributed by atoms with Crippen molar-refractivity contribution < 1.29 is 14.3 Å². The zero-order valence-corrected chi connectivity index (χ0v) is 16.3. The molecule has 8 heteroatoms. The molecule has 0 saturated carbocycles. The minimum atomic E-state index is -0.228. The first-order valence-corrected chi connectivity index (χ1v) is 9.52. The van der Waals surface area contributed by atoms with Gasteiger partial charge in [0.25, 0.3) is 0 Å². The number of hydrogen-bond donors (Lipinski definition) is 0. The Morgan fingerprint density at radius 2 is 2.17 bits per heavy atom. The summed E-state index contributed by atoms with van der Waals surface area (Å²) in [4.78, 5) is 23.3. The van der Waals surface area contributed by atoms with Gasteiger partial charge in [0.15, 0.2) is 5.82 Å². The molecule has 8 nitrogen and oxygen atoms in total. The summed E-state index contributed by atoms with van der Waals surface area (Å²) in [6.07, 6.45) is 5.29. The van der Waals surface area contributed by atoms with Crippen molar-refractivity contribution in [3.8, 4) is 5.75 Å². The van der Waals surface area contributed by atoms with E-state index < -0.39 is 0 Å². The second kappa shape index (κ2) is 8.83. The predicted molar refractivity (Wildman–Crippen MR) is 105 cm³/mol. The largest absolute Gasteiger partial charge is 0.489 e. The fourth-order valence-corrected chi connectivity index (χ4v) is 3.39. The summed E-state index contributed by atoms with van der Waals surface area (Å²) >= 11 is 0. The molecule has 1 amide bonds. The Morgan fingerprint density at radius 3 is 2.97 bits per heavy atom. The average molecular weight is 393 g/mol. The zero-order valence-electron chi connectivity index (χ0n) is 16.3. The van der Waals surface area contributed by atoms with Crippen LogP contribution in [0.25, 0.3) is 0 Å². The maximum Gasteiger partial charge on any atom is 0.227 e. The number of rotatable bonds is 6. The van der Waals surface area contributed by atoms with Crippen LogP contribution in [0.3, 0.4) is 0 Å². The number of aryl methyl sites for hydroxylation is 1. The third-order valence-corrected chi connectivity index (χ3v) is 4.88. The molecule has 29 heavy (non-hydrogen) atoms. The van der Waals surface area contributed by atoms with E-state index in [1.54, 1.807) is 17.1 Å². The van der Waals surface area contributed by atoms with Crippen LogP contribution in [0.2, 0.25) is 0 Å². The van der Waals surface area contributed by atoms with Gasteiger partial charge in [0, 0.05) is 31.5 Å². The Balaban J connectivity index is 1.43. The van der Waals surface area contributed by atoms with E-state index in [9.17, 15) is 4.79 Å². The van der Waals surface area contributed by atoms with E-state index in [1.807, 2.05) is 48.3 Å². The molecule has 2 aromatic heterocycles. The Bertz CT molecular complexity index is 960. The van der Waals surface area contributed by atoms with E-state index in [-0.39, 0.29) is 11.9 Å². The highest BCUT2D eigenvalue weighted by Gasteiger charge is 2.31. The molecule has 1 saturated heterocycles. The number of carbonyl (C=O) groups is 1. The molecule has 0 aliphatic carbocycles. The van der Waals surface area contributed by atoms with Crippen molar-refractivity contribution in [2.75, 3.05) is 19.8 Å². The lowest BCUT2D eigenvalue weighted by atomic mass is 10.1. The molecule has 3 heterocycles. The molecule has 1 aliphatic heterocycles. The molecule has 0 radical (unpaired) electrons. The van der Waals surface area contributed by atoms with Gasteiger partial charge in [0.05, 0.1) is 19.6 Å². The van der Waals surface area contributed by atoms with Crippen LogP contribution in [-0.4, -0.2) is 50.3 Å². The highest BCUT2D eigenvalue weighted by molar-refractivity contribution is 5.79. The first-order valence-electron chi connectivity index (χ1n) is 9.52. The Kier molecular flexibility index (Phi) is 5.81. The molecule has 150 valence electrons. The molecule has 0 N–H and O–H groups in total. The van der Waals surface area contributed by atoms with Crippen molar-refractivity contribution in [3.05, 3.63) is 72.1 Å². The number of ether oxygens (including phenoxy) is 2. The topological polar surface area (TPSA) is 82.4 Å². The van der Waals surface area contributed by atoms with Gasteiger partial charge in [-0.2, -0.15) is 5.10 Å². The van der Waals surface area contributed by atoms with Crippen LogP contribution in [0.4, 0.5) is 0 Å². The standard InChI is InChI=1S/C21H23N5O3/c1-25-21(23-15-24-25)19-14-28-9-8-26(19)20(27)11-16-4-2-6-18(10-16)29-13-17-5-3-7-22-12-17/h2-7,10,12,15,19H,8-9,11,13-14H2,1H3. The van der Waals surface area contributed by atoms with Crippen LogP contribution in [0.15, 0.2) is 55.1 Å². The van der Waals surface area contributed by atoms with Crippen LogP contribution >= 0.6 is 0 Å². The second-order valence-corrected chi connectivity index (χ2v) is 6.89. The average Bonchev–Trinajstić information content (AvgIpc) is 3.19. The number of pyridine rings is 1. The predicted octanol–water partition coefficient (Wildman–Crippen LogP) is 1.93. The summed E-state index contributed by atoms with van der Waals surface area (Å²) in [6.45, 7) is 1.91. The molecular formula is C21H23N5O3. The SMILES string of the molecule is Cn1ncnc1C1COCCN1C(=O)Cc1cccc(OCc2cccnc2)c1. The number of amides is 1. The van der Waals surface area contributed by atoms with Gasteiger partial charge in [-0.3, -0.25) is 14.5 Å². The van der Waals surface area contributed by atoms with Crippen LogP contribution in [0, 0.1) is 0 Å². The molecular weight excluding hydrogens is 370 g/mol. The van der Waals surface area contributed by atoms with Gasteiger partial charge in [-0.1, -0.05) is 18.2 Å². The molecule has 1 aliphatic rings. The first-order chi connectivity index (χ1) is 14.2. The molecule has 4 rings (SSSR count). The lowest BCUT2D eigenvalue weighted by Gasteiger charge is -2.35. The number of hydrogen-bond acceptors (Lipinski definition) is 6. The molecule has 0 bridgehead atoms. The van der Waals surface area contributed by atoms with Gasteiger partial charge in [0.1, 0.15) is 24.7 Å². The lowest BCUT2D eigenvalue weighted by molar-refractivity contribution is -0.139. The summed E-state index contributed by atoms with van der Waals surface area (Å²) in [5, 5.41) is 4.12. The van der Waals surface area contributed by atoms with E-state index in [0.29, 0.717) is 32.8 Å². The number of aromatic nitrogens is 4. The van der Waals surface area contributed by atoms with E-state index in [4.69, 9.17) is 9.47 Å². The number of morpholine rings is 1. The monoisotopic (exact) mass is 393 g/mol. The normalized spacial score (nSPS) is 16.6. The molecule has 0 spiro atoms. The summed E-state index contributed by atoms with van der Waals surface area (Å²) in [7, 11) is 1.82. The van der Waals surface area contributed by atoms with E-state index in [2.05, 4.69) is 15.1 Å². The summed E-state index contributed by atoms with van der Waals surface area (Å²) in [6, 6.07) is 11.3. The Morgan fingerprint density at radius 1 is 1.28 bits per heavy atom. The van der Waals surface area contributed by atoms with Gasteiger partial charge < -0.3 is 14.4 Å². The summed E-state index contributed by atoms with van der Waals surface area (Å²) in [5.41, 5.74) is 1.90. The summed E-state index contributed by atoms with van der Waals surface area (Å²) < 4.78 is 13.1. The van der Waals surface area contributed by atoms with Gasteiger partial charge in [-0.05, 0) is 23.8 Å². The fourth-order valence-electron chi connectivity index (χ4n) is 3.39. The Hall–Kier alpha value is -3.26. The maximum absolute atomic E-state index is 13.0. The van der Waals surface area contributed by atoms with E-state index >= 15 is 0 Å². The van der Waals surface area contributed by atoms with E-state index in [0.717, 1.165) is 22.7 Å². The second-order valence-electron chi connectivity index (χ2n) is 6.89. The van der Waals surface area contributed by atoms with Gasteiger partial charge in [0.2, 0.25) is 5.91 Å². The molecule has 1 fully saturated rings. The van der Waals surface area contributed by atoms with Gasteiger partial charge in [-0.15, -0.1) is 0 Å². The van der Waals surface area contributed by atoms with Crippen LogP contribution in [0.5, 0.6) is 5.75 Å². The number of nitrogens with zero attached hydrogens (tertiary/aromatic N) is 5. The highest BCUT2D eigenvalue weighted by Crippen LogP contribution is 2.24. The van der Waals surface area contributed by atoms with Crippen LogP contribution < -0.4 is 4.74 Å². The molecule has 3 aromatic rings. The quantitative estimate of drug-likeness (QED) is 0.637. The third-order valence-electron chi connectivity index (χ3n) is 4.88. The Labute approximate surface area is 169 Å². The van der Waals surface area contributed by atoms with E-state index in [1.165, 1.54) is 6.33 Å². The maximum atomic E-state index is 13.0. The van der Waals surface area contributed by atoms with Crippen molar-refractivity contribution in [1.29, 1.82) is 0 Å². The van der Waals surface area contributed by atoms with Gasteiger partial charge in [-0.25, -0.2) is 4.98 Å². The molecule has 1 unspecified atom stereocenters. The smallest absolute Gasteiger partial charge is 0.227 e. The number of carbonyl (C=O) groups excluding carboxylic acids is 1. The van der Waals surface area contributed by atoms with Gasteiger partial charge >= 0.3 is 0 Å². The van der Waals surface area contributed by atoms with Crippen molar-refractivity contribution in [2.45, 2.75) is 19.1 Å². The van der Waals surface area contributed by atoms with Crippen molar-refractivity contribution >= 4 is 5.91 Å². The van der Waals surface area contributed by atoms with Crippen LogP contribution in [0.1, 0.15) is 23.0 Å². The van der Waals surface area contributed by atoms with Crippen molar-refractivity contribution in [2.24, 2.45) is 7.05 Å². The highest BCUT2D eigenvalue weighted by atomic mass is 16.5. The number of benzene rings is 1. The molecule has 1 atom stereocenters. The van der Waals surface area contributed by atoms with Crippen molar-refractivity contribution in [3.63, 3.8) is 0 Å². The first kappa shape index (κ1) is 19.1. The molecule has 1 aromatic carbocycles. The third kappa shape index (κ3) is 4.60. The lowest BCUT2D eigenvalue weighted by Crippen LogP contribution is -2.45.